The van der Waals surface area contributed by atoms with Crippen LogP contribution in [0.15, 0.2) is 24.3 Å². The summed E-state index contributed by atoms with van der Waals surface area (Å²) in [7, 11) is -2.99. The molecule has 0 aromatic heterocycles. The average molecular weight is 414 g/mol. The summed E-state index contributed by atoms with van der Waals surface area (Å²) in [5.74, 6) is -0.514. The van der Waals surface area contributed by atoms with E-state index in [0.29, 0.717) is 65.8 Å². The van der Waals surface area contributed by atoms with Gasteiger partial charge in [-0.25, -0.2) is 13.7 Å². The van der Waals surface area contributed by atoms with Crippen molar-refractivity contribution < 1.29 is 28.1 Å². The molecule has 7 nitrogen and oxygen atoms in total. The summed E-state index contributed by atoms with van der Waals surface area (Å²) in [5.41, 5.74) is 0.930. The van der Waals surface area contributed by atoms with Crippen molar-refractivity contribution in [3.8, 4) is 0 Å². The van der Waals surface area contributed by atoms with Gasteiger partial charge < -0.3 is 19.1 Å². The minimum atomic E-state index is -2.99. The first-order valence-corrected chi connectivity index (χ1v) is 11.8. The van der Waals surface area contributed by atoms with E-state index in [1.165, 1.54) is 17.0 Å². The molecule has 1 aromatic rings. The fourth-order valence-electron chi connectivity index (χ4n) is 4.41. The van der Waals surface area contributed by atoms with E-state index in [1.54, 1.807) is 12.1 Å². The summed E-state index contributed by atoms with van der Waals surface area (Å²) in [5, 5.41) is 0. The van der Waals surface area contributed by atoms with Gasteiger partial charge in [0.25, 0.3) is 7.44 Å². The summed E-state index contributed by atoms with van der Waals surface area (Å²) in [4.78, 5) is 1.25. The Morgan fingerprint density at radius 3 is 1.79 bits per heavy atom. The van der Waals surface area contributed by atoms with Gasteiger partial charge in [0.2, 0.25) is 0 Å². The molecule has 0 bridgehead atoms. The number of benzene rings is 1. The van der Waals surface area contributed by atoms with Crippen LogP contribution in [0.4, 0.5) is 4.39 Å². The standard InChI is InChI=1S/C19H29FN3O4P/c20-18-3-1-17(2-4-18)19(21-5-11-25-12-6-21)28(24,22-7-13-26-14-8-22)23-9-15-27-16-10-23/h1-4,19H,5-16H2/p+1/t19-/m0/s1. The van der Waals surface area contributed by atoms with Gasteiger partial charge in [-0.05, 0) is 24.3 Å². The monoisotopic (exact) mass is 414 g/mol. The van der Waals surface area contributed by atoms with Crippen molar-refractivity contribution >= 4 is 7.44 Å². The molecule has 1 aromatic carbocycles. The second-order valence-corrected chi connectivity index (χ2v) is 10.3. The van der Waals surface area contributed by atoms with Crippen LogP contribution in [-0.4, -0.2) is 88.3 Å². The number of hydrogen-bond acceptors (Lipinski definition) is 4. The first-order valence-electron chi connectivity index (χ1n) is 10.1. The highest BCUT2D eigenvalue weighted by Crippen LogP contribution is 2.62. The lowest BCUT2D eigenvalue weighted by atomic mass is 10.2. The largest absolute Gasteiger partial charge is 0.379 e. The topological polar surface area (TPSA) is 55.7 Å². The van der Waals surface area contributed by atoms with Crippen LogP contribution in [0.1, 0.15) is 11.3 Å². The lowest BCUT2D eigenvalue weighted by molar-refractivity contribution is -0.925. The predicted molar refractivity (Wildman–Crippen MR) is 103 cm³/mol. The Balaban J connectivity index is 1.76. The Bertz CT molecular complexity index is 652. The molecule has 3 saturated heterocycles. The van der Waals surface area contributed by atoms with E-state index in [9.17, 15) is 8.96 Å². The van der Waals surface area contributed by atoms with E-state index in [0.717, 1.165) is 18.7 Å². The van der Waals surface area contributed by atoms with Gasteiger partial charge in [-0.3, -0.25) is 4.57 Å². The quantitative estimate of drug-likeness (QED) is 0.713. The zero-order chi connectivity index (χ0) is 19.4. The summed E-state index contributed by atoms with van der Waals surface area (Å²) in [6.45, 7) is 7.83. The zero-order valence-electron chi connectivity index (χ0n) is 16.2. The highest BCUT2D eigenvalue weighted by atomic mass is 31.2. The van der Waals surface area contributed by atoms with Crippen LogP contribution in [0.25, 0.3) is 0 Å². The normalized spacial score (nSPS) is 24.9. The Morgan fingerprint density at radius 1 is 0.821 bits per heavy atom. The second-order valence-electron chi connectivity index (χ2n) is 7.45. The molecule has 0 spiro atoms. The van der Waals surface area contributed by atoms with Crippen LogP contribution in [0.3, 0.4) is 0 Å². The van der Waals surface area contributed by atoms with Gasteiger partial charge in [0, 0.05) is 31.7 Å². The van der Waals surface area contributed by atoms with Gasteiger partial charge in [0.1, 0.15) is 18.9 Å². The number of morpholine rings is 3. The smallest absolute Gasteiger partial charge is 0.277 e. The van der Waals surface area contributed by atoms with Crippen LogP contribution < -0.4 is 4.90 Å². The number of hydrogen-bond donors (Lipinski definition) is 1. The number of nitrogens with zero attached hydrogens (tertiary/aromatic N) is 2. The maximum Gasteiger partial charge on any atom is 0.277 e. The Labute approximate surface area is 165 Å². The Morgan fingerprint density at radius 2 is 1.29 bits per heavy atom. The summed E-state index contributed by atoms with van der Waals surface area (Å²) in [6.07, 6.45) is 0. The highest BCUT2D eigenvalue weighted by molar-refractivity contribution is 7.59. The third kappa shape index (κ3) is 4.19. The van der Waals surface area contributed by atoms with Crippen LogP contribution >= 0.6 is 7.44 Å². The average Bonchev–Trinajstić information content (AvgIpc) is 2.77. The van der Waals surface area contributed by atoms with Gasteiger partial charge >= 0.3 is 0 Å². The van der Waals surface area contributed by atoms with Gasteiger partial charge in [0.15, 0.2) is 5.78 Å². The van der Waals surface area contributed by atoms with Crippen molar-refractivity contribution in [1.82, 2.24) is 9.34 Å². The molecule has 0 unspecified atom stereocenters. The molecule has 3 fully saturated rings. The number of nitrogens with one attached hydrogen (secondary N) is 1. The van der Waals surface area contributed by atoms with E-state index in [4.69, 9.17) is 14.2 Å². The van der Waals surface area contributed by atoms with Crippen LogP contribution in [0, 0.1) is 5.82 Å². The van der Waals surface area contributed by atoms with Gasteiger partial charge in [-0.15, -0.1) is 0 Å². The fourth-order valence-corrected chi connectivity index (χ4v) is 8.18. The van der Waals surface area contributed by atoms with Crippen molar-refractivity contribution in [2.75, 3.05) is 78.9 Å². The summed E-state index contributed by atoms with van der Waals surface area (Å²) >= 11 is 0. The molecule has 0 saturated carbocycles. The number of ether oxygens (including phenoxy) is 3. The lowest BCUT2D eigenvalue weighted by Gasteiger charge is -2.47. The molecule has 1 N–H and O–H groups in total. The van der Waals surface area contributed by atoms with E-state index in [2.05, 4.69) is 9.34 Å². The van der Waals surface area contributed by atoms with Crippen LogP contribution in [0.5, 0.6) is 0 Å². The van der Waals surface area contributed by atoms with Crippen molar-refractivity contribution in [3.63, 3.8) is 0 Å². The SMILES string of the molecule is O=P([C@@H](c1ccc(F)cc1)[NH+]1CCOCC1)(N1CCOCC1)N1CCOCC1. The van der Waals surface area contributed by atoms with Crippen molar-refractivity contribution in [3.05, 3.63) is 35.6 Å². The lowest BCUT2D eigenvalue weighted by Crippen LogP contribution is -3.14. The second kappa shape index (κ2) is 9.30. The molecular formula is C19H30FN3O4P+. The number of halogens is 1. The maximum absolute atomic E-state index is 15.0. The molecule has 0 aliphatic carbocycles. The van der Waals surface area contributed by atoms with Crippen LogP contribution in [0.2, 0.25) is 0 Å². The molecule has 156 valence electrons. The fraction of sp³-hybridized carbons (Fsp3) is 0.684. The molecule has 0 amide bonds. The molecule has 0 radical (unpaired) electrons. The van der Waals surface area contributed by atoms with E-state index < -0.39 is 7.44 Å². The third-order valence-electron chi connectivity index (χ3n) is 5.83. The highest BCUT2D eigenvalue weighted by Gasteiger charge is 2.51. The van der Waals surface area contributed by atoms with Gasteiger partial charge in [0.05, 0.1) is 39.6 Å². The predicted octanol–water partition coefficient (Wildman–Crippen LogP) is 0.597. The molecule has 3 heterocycles. The van der Waals surface area contributed by atoms with Crippen LogP contribution in [-0.2, 0) is 18.8 Å². The first kappa shape index (κ1) is 20.4. The first-order chi connectivity index (χ1) is 13.7. The van der Waals surface area contributed by atoms with Crippen molar-refractivity contribution in [1.29, 1.82) is 0 Å². The van der Waals surface area contributed by atoms with E-state index >= 15 is 0 Å². The minimum Gasteiger partial charge on any atom is -0.379 e. The minimum absolute atomic E-state index is 0.242. The molecule has 4 rings (SSSR count). The molecular weight excluding hydrogens is 384 g/mol. The third-order valence-corrected chi connectivity index (χ3v) is 9.59. The zero-order valence-corrected chi connectivity index (χ0v) is 17.1. The number of rotatable bonds is 5. The van der Waals surface area contributed by atoms with Crippen molar-refractivity contribution in [2.24, 2.45) is 0 Å². The summed E-state index contributed by atoms with van der Waals surface area (Å²) in [6, 6.07) is 6.56. The maximum atomic E-state index is 15.0. The molecule has 3 aliphatic heterocycles. The molecule has 3 aliphatic rings. The molecule has 28 heavy (non-hydrogen) atoms. The Kier molecular flexibility index (Phi) is 6.78. The molecule has 1 atom stereocenters. The van der Waals surface area contributed by atoms with Crippen molar-refractivity contribution in [2.45, 2.75) is 5.78 Å². The van der Waals surface area contributed by atoms with Gasteiger partial charge in [-0.1, -0.05) is 0 Å². The molecule has 9 heteroatoms. The number of quaternary nitrogens is 1. The Hall–Kier alpha value is -0.860. The summed E-state index contributed by atoms with van der Waals surface area (Å²) < 4.78 is 49.6. The van der Waals surface area contributed by atoms with E-state index in [1.807, 2.05) is 0 Å². The van der Waals surface area contributed by atoms with E-state index in [-0.39, 0.29) is 11.6 Å². The van der Waals surface area contributed by atoms with Gasteiger partial charge in [-0.2, -0.15) is 0 Å².